The molecule has 2 amide bonds. The molecule has 1 atom stereocenters. The molecule has 10 heteroatoms. The number of urea groups is 1. The molecule has 30 heavy (non-hydrogen) atoms. The number of carbonyl (C=O) groups excluding carboxylic acids is 2. The number of fused-ring (bicyclic) bond motifs is 1. The van der Waals surface area contributed by atoms with Crippen LogP contribution in [0.25, 0.3) is 10.2 Å². The number of aromatic nitrogens is 2. The minimum atomic E-state index is -0.467. The molecule has 0 spiro atoms. The number of esters is 1. The van der Waals surface area contributed by atoms with Gasteiger partial charge in [-0.15, -0.1) is 11.3 Å². The molecular formula is C20H26N4O4S2. The monoisotopic (exact) mass is 450 g/mol. The molecule has 2 N–H and O–H groups in total. The Bertz CT molecular complexity index is 1060. The maximum absolute atomic E-state index is 13.0. The van der Waals surface area contributed by atoms with Crippen LogP contribution in [0.3, 0.4) is 0 Å². The molecule has 0 bridgehead atoms. The summed E-state index contributed by atoms with van der Waals surface area (Å²) in [6.07, 6.45) is 1.64. The van der Waals surface area contributed by atoms with Crippen LogP contribution in [0.4, 0.5) is 4.79 Å². The number of aryl methyl sites for hydroxylation is 1. The van der Waals surface area contributed by atoms with Crippen molar-refractivity contribution in [2.75, 3.05) is 12.4 Å². The topological polar surface area (TPSA) is 102 Å². The van der Waals surface area contributed by atoms with Crippen molar-refractivity contribution in [1.82, 2.24) is 20.2 Å². The van der Waals surface area contributed by atoms with Gasteiger partial charge in [-0.1, -0.05) is 25.6 Å². The second-order valence-corrected chi connectivity index (χ2v) is 8.92. The summed E-state index contributed by atoms with van der Waals surface area (Å²) in [4.78, 5) is 44.0. The summed E-state index contributed by atoms with van der Waals surface area (Å²) < 4.78 is 6.83. The first-order valence-electron chi connectivity index (χ1n) is 10.0. The average molecular weight is 451 g/mol. The lowest BCUT2D eigenvalue weighted by Gasteiger charge is -2.26. The van der Waals surface area contributed by atoms with Gasteiger partial charge in [0, 0.05) is 22.9 Å². The van der Waals surface area contributed by atoms with Gasteiger partial charge >= 0.3 is 12.0 Å². The van der Waals surface area contributed by atoms with E-state index in [9.17, 15) is 14.4 Å². The third-order valence-electron chi connectivity index (χ3n) is 4.67. The van der Waals surface area contributed by atoms with E-state index in [-0.39, 0.29) is 18.2 Å². The Balaban J connectivity index is 1.98. The molecule has 3 heterocycles. The summed E-state index contributed by atoms with van der Waals surface area (Å²) in [6.45, 7) is 8.33. The zero-order valence-corrected chi connectivity index (χ0v) is 19.2. The molecule has 2 aromatic rings. The summed E-state index contributed by atoms with van der Waals surface area (Å²) in [5, 5.41) is 6.62. The summed E-state index contributed by atoms with van der Waals surface area (Å²) in [6, 6.07) is 1.09. The van der Waals surface area contributed by atoms with Gasteiger partial charge in [0.1, 0.15) is 4.83 Å². The van der Waals surface area contributed by atoms with Crippen molar-refractivity contribution in [3.05, 3.63) is 32.6 Å². The van der Waals surface area contributed by atoms with Crippen LogP contribution in [0.1, 0.15) is 39.0 Å². The van der Waals surface area contributed by atoms with Gasteiger partial charge in [-0.25, -0.2) is 14.6 Å². The minimum Gasteiger partial charge on any atom is -0.463 e. The fourth-order valence-corrected chi connectivity index (χ4v) is 5.28. The zero-order valence-electron chi connectivity index (χ0n) is 17.5. The first-order valence-corrected chi connectivity index (χ1v) is 11.8. The molecule has 3 rings (SSSR count). The first-order chi connectivity index (χ1) is 14.4. The second-order valence-electron chi connectivity index (χ2n) is 6.86. The lowest BCUT2D eigenvalue weighted by atomic mass is 10.1. The first kappa shape index (κ1) is 22.4. The number of thioether (sulfide) groups is 1. The van der Waals surface area contributed by atoms with Crippen molar-refractivity contribution in [3.63, 3.8) is 0 Å². The highest BCUT2D eigenvalue weighted by molar-refractivity contribution is 7.99. The van der Waals surface area contributed by atoms with Crippen molar-refractivity contribution >= 4 is 45.3 Å². The maximum atomic E-state index is 13.0. The molecule has 0 aromatic carbocycles. The molecule has 0 radical (unpaired) electrons. The Kier molecular flexibility index (Phi) is 7.19. The van der Waals surface area contributed by atoms with Crippen LogP contribution in [-0.2, 0) is 22.5 Å². The van der Waals surface area contributed by atoms with Gasteiger partial charge in [-0.3, -0.25) is 9.36 Å². The highest BCUT2D eigenvalue weighted by atomic mass is 32.2. The van der Waals surface area contributed by atoms with Crippen molar-refractivity contribution < 1.29 is 14.3 Å². The van der Waals surface area contributed by atoms with Crippen LogP contribution in [0.5, 0.6) is 0 Å². The molecule has 162 valence electrons. The third kappa shape index (κ3) is 4.54. The molecular weight excluding hydrogens is 424 g/mol. The number of nitrogens with zero attached hydrogens (tertiary/aromatic N) is 2. The number of thiophene rings is 1. The number of rotatable bonds is 8. The van der Waals surface area contributed by atoms with Gasteiger partial charge < -0.3 is 15.4 Å². The van der Waals surface area contributed by atoms with Gasteiger partial charge in [-0.05, 0) is 32.8 Å². The molecule has 1 aliphatic rings. The van der Waals surface area contributed by atoms with Gasteiger partial charge in [0.25, 0.3) is 5.56 Å². The zero-order chi connectivity index (χ0) is 21.8. The normalized spacial score (nSPS) is 16.5. The Morgan fingerprint density at radius 2 is 2.10 bits per heavy atom. The van der Waals surface area contributed by atoms with Crippen molar-refractivity contribution in [2.45, 2.75) is 58.3 Å². The predicted molar refractivity (Wildman–Crippen MR) is 119 cm³/mol. The minimum absolute atomic E-state index is 0.0531. The van der Waals surface area contributed by atoms with E-state index in [0.29, 0.717) is 38.9 Å². The Morgan fingerprint density at radius 1 is 1.33 bits per heavy atom. The van der Waals surface area contributed by atoms with Gasteiger partial charge in [0.2, 0.25) is 0 Å². The van der Waals surface area contributed by atoms with E-state index in [1.165, 1.54) is 23.1 Å². The summed E-state index contributed by atoms with van der Waals surface area (Å²) in [5.74, 6) is -0.173. The standard InChI is InChI=1S/C20H26N4O4S2/c1-5-8-24-17(25)13-9-12(6-2)30-16(13)23-20(24)29-10-14-15(18(26)28-7-3)11(4)21-19(27)22-14/h9,11H,5-8,10H2,1-4H3,(H2,21,22,27). The third-order valence-corrected chi connectivity index (χ3v) is 6.85. The molecule has 2 aromatic heterocycles. The smallest absolute Gasteiger partial charge is 0.337 e. The quantitative estimate of drug-likeness (QED) is 0.364. The predicted octanol–water partition coefficient (Wildman–Crippen LogP) is 3.04. The largest absolute Gasteiger partial charge is 0.463 e. The van der Waals surface area contributed by atoms with Crippen LogP contribution >= 0.6 is 23.1 Å². The van der Waals surface area contributed by atoms with E-state index in [2.05, 4.69) is 17.6 Å². The fourth-order valence-electron chi connectivity index (χ4n) is 3.28. The van der Waals surface area contributed by atoms with E-state index in [1.54, 1.807) is 18.4 Å². The number of hydrogen-bond acceptors (Lipinski definition) is 7. The average Bonchev–Trinajstić information content (AvgIpc) is 3.12. The molecule has 8 nitrogen and oxygen atoms in total. The Labute approximate surface area is 183 Å². The summed E-state index contributed by atoms with van der Waals surface area (Å²) in [5.41, 5.74) is 0.814. The number of amides is 2. The van der Waals surface area contributed by atoms with E-state index in [4.69, 9.17) is 9.72 Å². The van der Waals surface area contributed by atoms with Crippen molar-refractivity contribution in [3.8, 4) is 0 Å². The van der Waals surface area contributed by atoms with Crippen LogP contribution < -0.4 is 16.2 Å². The highest BCUT2D eigenvalue weighted by Crippen LogP contribution is 2.27. The number of hydrogen-bond donors (Lipinski definition) is 2. The number of nitrogens with one attached hydrogen (secondary N) is 2. The highest BCUT2D eigenvalue weighted by Gasteiger charge is 2.30. The second kappa shape index (κ2) is 9.65. The molecule has 0 saturated carbocycles. The molecule has 0 saturated heterocycles. The Hall–Kier alpha value is -2.33. The summed E-state index contributed by atoms with van der Waals surface area (Å²) >= 11 is 2.86. The molecule has 1 aliphatic heterocycles. The maximum Gasteiger partial charge on any atom is 0.337 e. The molecule has 0 fully saturated rings. The molecule has 1 unspecified atom stereocenters. The van der Waals surface area contributed by atoms with Crippen molar-refractivity contribution in [2.24, 2.45) is 0 Å². The lowest BCUT2D eigenvalue weighted by Crippen LogP contribution is -2.49. The van der Waals surface area contributed by atoms with E-state index in [0.717, 1.165) is 17.7 Å². The van der Waals surface area contributed by atoms with E-state index < -0.39 is 12.0 Å². The van der Waals surface area contributed by atoms with Crippen molar-refractivity contribution in [1.29, 1.82) is 0 Å². The van der Waals surface area contributed by atoms with Crippen LogP contribution in [0.15, 0.2) is 27.3 Å². The van der Waals surface area contributed by atoms with Gasteiger partial charge in [0.05, 0.1) is 23.6 Å². The van der Waals surface area contributed by atoms with Gasteiger partial charge in [-0.2, -0.15) is 0 Å². The van der Waals surface area contributed by atoms with Crippen LogP contribution in [-0.4, -0.2) is 40.0 Å². The molecule has 0 aliphatic carbocycles. The lowest BCUT2D eigenvalue weighted by molar-refractivity contribution is -0.138. The van der Waals surface area contributed by atoms with Crippen LogP contribution in [0, 0.1) is 0 Å². The fraction of sp³-hybridized carbons (Fsp3) is 0.500. The SMILES string of the molecule is CCCn1c(SCC2=C(C(=O)OCC)C(C)NC(=O)N2)nc2sc(CC)cc2c1=O. The number of carbonyl (C=O) groups is 2. The van der Waals surface area contributed by atoms with Crippen LogP contribution in [0.2, 0.25) is 0 Å². The Morgan fingerprint density at radius 3 is 2.77 bits per heavy atom. The van der Waals surface area contributed by atoms with E-state index >= 15 is 0 Å². The summed E-state index contributed by atoms with van der Waals surface area (Å²) in [7, 11) is 0. The number of ether oxygens (including phenoxy) is 1. The van der Waals surface area contributed by atoms with Gasteiger partial charge in [0.15, 0.2) is 5.16 Å². The van der Waals surface area contributed by atoms with E-state index in [1.807, 2.05) is 13.0 Å².